The molecule has 3 aromatic rings. The van der Waals surface area contributed by atoms with Gasteiger partial charge in [0.1, 0.15) is 6.07 Å². The molecule has 0 radical (unpaired) electrons. The first-order chi connectivity index (χ1) is 14.6. The molecule has 8 heteroatoms. The Kier molecular flexibility index (Phi) is 7.03. The molecule has 3 aromatic carbocycles. The molecule has 0 spiro atoms. The van der Waals surface area contributed by atoms with E-state index in [9.17, 15) is 20.2 Å². The summed E-state index contributed by atoms with van der Waals surface area (Å²) >= 11 is 1.38. The maximum absolute atomic E-state index is 12.6. The van der Waals surface area contributed by atoms with E-state index < -0.39 is 4.92 Å². The SMILES string of the molecule is N#Cc1ccccc1Sc1ccccc1C(=O)NCCNc1ccc([N+](=O)[O-])cc1. The minimum Gasteiger partial charge on any atom is -0.383 e. The molecule has 0 saturated heterocycles. The number of hydrogen-bond acceptors (Lipinski definition) is 6. The number of rotatable bonds is 8. The predicted molar refractivity (Wildman–Crippen MR) is 116 cm³/mol. The highest BCUT2D eigenvalue weighted by atomic mass is 32.2. The molecule has 150 valence electrons. The van der Waals surface area contributed by atoms with Gasteiger partial charge in [0.2, 0.25) is 0 Å². The van der Waals surface area contributed by atoms with Crippen LogP contribution < -0.4 is 10.6 Å². The number of nitriles is 1. The molecule has 30 heavy (non-hydrogen) atoms. The fourth-order valence-corrected chi connectivity index (χ4v) is 3.71. The Balaban J connectivity index is 1.58. The second-order valence-corrected chi connectivity index (χ2v) is 7.28. The van der Waals surface area contributed by atoms with E-state index in [1.165, 1.54) is 23.9 Å². The lowest BCUT2D eigenvalue weighted by molar-refractivity contribution is -0.384. The highest BCUT2D eigenvalue weighted by Gasteiger charge is 2.13. The van der Waals surface area contributed by atoms with Crippen LogP contribution in [0.2, 0.25) is 0 Å². The van der Waals surface area contributed by atoms with Gasteiger partial charge in [-0.3, -0.25) is 14.9 Å². The van der Waals surface area contributed by atoms with Gasteiger partial charge in [0.25, 0.3) is 11.6 Å². The maximum Gasteiger partial charge on any atom is 0.269 e. The number of carbonyl (C=O) groups is 1. The van der Waals surface area contributed by atoms with Crippen molar-refractivity contribution in [3.63, 3.8) is 0 Å². The molecule has 0 aliphatic carbocycles. The third-order valence-corrected chi connectivity index (χ3v) is 5.33. The summed E-state index contributed by atoms with van der Waals surface area (Å²) in [4.78, 5) is 24.4. The molecule has 0 heterocycles. The number of nitrogens with zero attached hydrogens (tertiary/aromatic N) is 2. The van der Waals surface area contributed by atoms with Crippen molar-refractivity contribution in [1.29, 1.82) is 5.26 Å². The second-order valence-electron chi connectivity index (χ2n) is 6.19. The van der Waals surface area contributed by atoms with Crippen LogP contribution in [0.25, 0.3) is 0 Å². The number of nitro benzene ring substituents is 1. The van der Waals surface area contributed by atoms with Crippen LogP contribution in [0.5, 0.6) is 0 Å². The van der Waals surface area contributed by atoms with E-state index in [0.29, 0.717) is 24.2 Å². The third kappa shape index (κ3) is 5.37. The molecule has 0 aliphatic heterocycles. The monoisotopic (exact) mass is 418 g/mol. The Morgan fingerprint density at radius 2 is 1.63 bits per heavy atom. The highest BCUT2D eigenvalue weighted by Crippen LogP contribution is 2.32. The van der Waals surface area contributed by atoms with Gasteiger partial charge in [-0.15, -0.1) is 0 Å². The lowest BCUT2D eigenvalue weighted by Gasteiger charge is -2.11. The molecule has 2 N–H and O–H groups in total. The summed E-state index contributed by atoms with van der Waals surface area (Å²) in [6, 6.07) is 22.8. The van der Waals surface area contributed by atoms with Crippen molar-refractivity contribution in [2.24, 2.45) is 0 Å². The Morgan fingerprint density at radius 1 is 0.967 bits per heavy atom. The lowest BCUT2D eigenvalue weighted by Crippen LogP contribution is -2.29. The van der Waals surface area contributed by atoms with E-state index in [0.717, 1.165) is 15.5 Å². The van der Waals surface area contributed by atoms with Gasteiger partial charge in [-0.05, 0) is 36.4 Å². The van der Waals surface area contributed by atoms with Crippen LogP contribution >= 0.6 is 11.8 Å². The minimum absolute atomic E-state index is 0.0286. The van der Waals surface area contributed by atoms with Crippen LogP contribution in [0.1, 0.15) is 15.9 Å². The fourth-order valence-electron chi connectivity index (χ4n) is 2.69. The molecular weight excluding hydrogens is 400 g/mol. The number of benzene rings is 3. The first-order valence-electron chi connectivity index (χ1n) is 9.11. The summed E-state index contributed by atoms with van der Waals surface area (Å²) in [5.74, 6) is -0.210. The summed E-state index contributed by atoms with van der Waals surface area (Å²) in [6.07, 6.45) is 0. The van der Waals surface area contributed by atoms with Gasteiger partial charge < -0.3 is 10.6 Å². The fraction of sp³-hybridized carbons (Fsp3) is 0.0909. The first kappa shape index (κ1) is 20.9. The standard InChI is InChI=1S/C22H18N4O3S/c23-15-16-5-1-3-7-20(16)30-21-8-4-2-6-19(21)22(27)25-14-13-24-17-9-11-18(12-10-17)26(28)29/h1-12,24H,13-14H2,(H,25,27). The van der Waals surface area contributed by atoms with Crippen molar-refractivity contribution in [3.05, 3.63) is 94.0 Å². The van der Waals surface area contributed by atoms with Gasteiger partial charge >= 0.3 is 0 Å². The van der Waals surface area contributed by atoms with Gasteiger partial charge in [0.05, 0.1) is 16.1 Å². The van der Waals surface area contributed by atoms with E-state index in [1.54, 1.807) is 36.4 Å². The first-order valence-corrected chi connectivity index (χ1v) is 9.92. The number of anilines is 1. The van der Waals surface area contributed by atoms with Crippen molar-refractivity contribution in [3.8, 4) is 6.07 Å². The van der Waals surface area contributed by atoms with Crippen LogP contribution in [0.3, 0.4) is 0 Å². The molecule has 0 aromatic heterocycles. The van der Waals surface area contributed by atoms with Crippen molar-refractivity contribution in [2.45, 2.75) is 9.79 Å². The van der Waals surface area contributed by atoms with E-state index in [1.807, 2.05) is 24.3 Å². The summed E-state index contributed by atoms with van der Waals surface area (Å²) in [7, 11) is 0. The van der Waals surface area contributed by atoms with Crippen molar-refractivity contribution in [1.82, 2.24) is 5.32 Å². The van der Waals surface area contributed by atoms with Crippen LogP contribution in [0.15, 0.2) is 82.6 Å². The Bertz CT molecular complexity index is 1090. The number of non-ortho nitro benzene ring substituents is 1. The molecule has 0 fully saturated rings. The van der Waals surface area contributed by atoms with Crippen molar-refractivity contribution < 1.29 is 9.72 Å². The van der Waals surface area contributed by atoms with E-state index >= 15 is 0 Å². The topological polar surface area (TPSA) is 108 Å². The van der Waals surface area contributed by atoms with Gasteiger partial charge in [-0.1, -0.05) is 36.0 Å². The molecule has 0 atom stereocenters. The molecule has 1 amide bonds. The average molecular weight is 418 g/mol. The van der Waals surface area contributed by atoms with Crippen LogP contribution in [-0.4, -0.2) is 23.9 Å². The molecule has 0 aliphatic rings. The van der Waals surface area contributed by atoms with Crippen LogP contribution in [0, 0.1) is 21.4 Å². The van der Waals surface area contributed by atoms with Gasteiger partial charge in [-0.2, -0.15) is 5.26 Å². The summed E-state index contributed by atoms with van der Waals surface area (Å²) in [5.41, 5.74) is 1.86. The normalized spacial score (nSPS) is 10.1. The largest absolute Gasteiger partial charge is 0.383 e. The van der Waals surface area contributed by atoms with Crippen LogP contribution in [0.4, 0.5) is 11.4 Å². The lowest BCUT2D eigenvalue weighted by atomic mass is 10.2. The molecular formula is C22H18N4O3S. The zero-order chi connectivity index (χ0) is 21.3. The highest BCUT2D eigenvalue weighted by molar-refractivity contribution is 7.99. The van der Waals surface area contributed by atoms with E-state index in [2.05, 4.69) is 16.7 Å². The van der Waals surface area contributed by atoms with Gasteiger partial charge in [0, 0.05) is 40.7 Å². The number of carbonyl (C=O) groups excluding carboxylic acids is 1. The predicted octanol–water partition coefficient (Wildman–Crippen LogP) is 4.46. The number of hydrogen-bond donors (Lipinski definition) is 2. The molecule has 0 bridgehead atoms. The molecule has 3 rings (SSSR count). The summed E-state index contributed by atoms with van der Waals surface area (Å²) in [6.45, 7) is 0.847. The Labute approximate surface area is 177 Å². The Morgan fingerprint density at radius 3 is 2.33 bits per heavy atom. The van der Waals surface area contributed by atoms with Crippen LogP contribution in [-0.2, 0) is 0 Å². The Hall–Kier alpha value is -3.83. The van der Waals surface area contributed by atoms with Crippen molar-refractivity contribution in [2.75, 3.05) is 18.4 Å². The summed E-state index contributed by atoms with van der Waals surface area (Å²) < 4.78 is 0. The zero-order valence-electron chi connectivity index (χ0n) is 15.9. The zero-order valence-corrected chi connectivity index (χ0v) is 16.7. The number of nitrogens with one attached hydrogen (secondary N) is 2. The van der Waals surface area contributed by atoms with Gasteiger partial charge in [-0.25, -0.2) is 0 Å². The molecule has 0 saturated carbocycles. The molecule has 7 nitrogen and oxygen atoms in total. The van der Waals surface area contributed by atoms with E-state index in [4.69, 9.17) is 0 Å². The maximum atomic E-state index is 12.6. The van der Waals surface area contributed by atoms with Gasteiger partial charge in [0.15, 0.2) is 0 Å². The smallest absolute Gasteiger partial charge is 0.269 e. The average Bonchev–Trinajstić information content (AvgIpc) is 2.77. The van der Waals surface area contributed by atoms with E-state index in [-0.39, 0.29) is 11.6 Å². The number of nitro groups is 1. The molecule has 0 unspecified atom stereocenters. The summed E-state index contributed by atoms with van der Waals surface area (Å²) in [5, 5.41) is 25.9. The third-order valence-electron chi connectivity index (χ3n) is 4.18. The van der Waals surface area contributed by atoms with Crippen molar-refractivity contribution >= 4 is 29.0 Å². The second kappa shape index (κ2) is 10.1. The number of amides is 1. The minimum atomic E-state index is -0.450. The quantitative estimate of drug-likeness (QED) is 0.318.